The van der Waals surface area contributed by atoms with Crippen molar-refractivity contribution in [3.63, 3.8) is 0 Å². The fourth-order valence-corrected chi connectivity index (χ4v) is 5.31. The predicted molar refractivity (Wildman–Crippen MR) is 71.2 cm³/mol. The molecule has 2 aliphatic rings. The van der Waals surface area contributed by atoms with Gasteiger partial charge < -0.3 is 0 Å². The van der Waals surface area contributed by atoms with E-state index in [-0.39, 0.29) is 0 Å². The summed E-state index contributed by atoms with van der Waals surface area (Å²) in [7, 11) is 0. The van der Waals surface area contributed by atoms with Crippen LogP contribution in [0.1, 0.15) is 54.9 Å². The SMILES string of the molecule is CCC1C(C)C1C(C)(C)C1C(C)C1C(C)C. The van der Waals surface area contributed by atoms with Crippen LogP contribution in [0.4, 0.5) is 0 Å². The second-order valence-electron chi connectivity index (χ2n) is 7.48. The molecular formula is C16H30. The summed E-state index contributed by atoms with van der Waals surface area (Å²) >= 11 is 0. The maximum absolute atomic E-state index is 2.55. The highest BCUT2D eigenvalue weighted by Crippen LogP contribution is 2.69. The van der Waals surface area contributed by atoms with Gasteiger partial charge in [0.05, 0.1) is 0 Å². The van der Waals surface area contributed by atoms with Gasteiger partial charge in [-0.3, -0.25) is 0 Å². The number of rotatable bonds is 4. The Morgan fingerprint density at radius 2 is 1.56 bits per heavy atom. The van der Waals surface area contributed by atoms with Gasteiger partial charge in [-0.05, 0) is 46.8 Å². The van der Waals surface area contributed by atoms with Gasteiger partial charge in [0.1, 0.15) is 0 Å². The van der Waals surface area contributed by atoms with Crippen LogP contribution in [0, 0.1) is 46.8 Å². The highest BCUT2D eigenvalue weighted by atomic mass is 14.7. The molecular weight excluding hydrogens is 192 g/mol. The minimum atomic E-state index is 0.592. The average molecular weight is 222 g/mol. The van der Waals surface area contributed by atoms with Crippen molar-refractivity contribution in [2.45, 2.75) is 54.9 Å². The van der Waals surface area contributed by atoms with Gasteiger partial charge in [0.2, 0.25) is 0 Å². The summed E-state index contributed by atoms with van der Waals surface area (Å²) in [6.07, 6.45) is 1.39. The minimum absolute atomic E-state index is 0.592. The second kappa shape index (κ2) is 3.75. The molecule has 0 bridgehead atoms. The first-order valence-corrected chi connectivity index (χ1v) is 7.34. The molecule has 6 atom stereocenters. The lowest BCUT2D eigenvalue weighted by Gasteiger charge is -2.27. The van der Waals surface area contributed by atoms with Crippen LogP contribution < -0.4 is 0 Å². The molecule has 2 saturated carbocycles. The zero-order valence-electron chi connectivity index (χ0n) is 12.2. The molecule has 0 heteroatoms. The fraction of sp³-hybridized carbons (Fsp3) is 1.00. The molecule has 0 amide bonds. The molecule has 0 aromatic carbocycles. The summed E-state index contributed by atoms with van der Waals surface area (Å²) in [4.78, 5) is 0. The van der Waals surface area contributed by atoms with Gasteiger partial charge in [0.15, 0.2) is 0 Å². The van der Waals surface area contributed by atoms with Crippen molar-refractivity contribution >= 4 is 0 Å². The molecule has 0 aromatic rings. The Hall–Kier alpha value is 0. The lowest BCUT2D eigenvalue weighted by atomic mass is 9.77. The maximum Gasteiger partial charge on any atom is -0.0287 e. The van der Waals surface area contributed by atoms with Gasteiger partial charge in [-0.15, -0.1) is 0 Å². The topological polar surface area (TPSA) is 0 Å². The van der Waals surface area contributed by atoms with E-state index in [9.17, 15) is 0 Å². The Morgan fingerprint density at radius 3 is 1.88 bits per heavy atom. The van der Waals surface area contributed by atoms with Crippen molar-refractivity contribution in [3.05, 3.63) is 0 Å². The van der Waals surface area contributed by atoms with Crippen LogP contribution in [0.3, 0.4) is 0 Å². The van der Waals surface area contributed by atoms with E-state index in [4.69, 9.17) is 0 Å². The van der Waals surface area contributed by atoms with E-state index in [2.05, 4.69) is 48.5 Å². The van der Waals surface area contributed by atoms with E-state index >= 15 is 0 Å². The molecule has 0 nitrogen and oxygen atoms in total. The molecule has 2 fully saturated rings. The fourth-order valence-electron chi connectivity index (χ4n) is 5.31. The van der Waals surface area contributed by atoms with Gasteiger partial charge in [-0.1, -0.05) is 54.9 Å². The summed E-state index contributed by atoms with van der Waals surface area (Å²) in [6.45, 7) is 17.2. The summed E-state index contributed by atoms with van der Waals surface area (Å²) in [5.74, 6) is 6.87. The average Bonchev–Trinajstić information content (AvgIpc) is 3.01. The Labute approximate surface area is 102 Å². The van der Waals surface area contributed by atoms with Gasteiger partial charge in [-0.25, -0.2) is 0 Å². The zero-order valence-corrected chi connectivity index (χ0v) is 12.2. The van der Waals surface area contributed by atoms with E-state index in [1.54, 1.807) is 0 Å². The van der Waals surface area contributed by atoms with E-state index in [0.717, 1.165) is 41.4 Å². The normalized spacial score (nSPS) is 47.2. The van der Waals surface area contributed by atoms with Crippen molar-refractivity contribution in [1.82, 2.24) is 0 Å². The van der Waals surface area contributed by atoms with Crippen LogP contribution in [0.5, 0.6) is 0 Å². The third-order valence-corrected chi connectivity index (χ3v) is 5.97. The standard InChI is InChI=1S/C16H30/c1-8-12-10(4)14(12)16(6,7)15-11(5)13(15)9(2)3/h9-15H,8H2,1-7H3. The summed E-state index contributed by atoms with van der Waals surface area (Å²) < 4.78 is 0. The van der Waals surface area contributed by atoms with Crippen LogP contribution in [0.15, 0.2) is 0 Å². The monoisotopic (exact) mass is 222 g/mol. The third kappa shape index (κ3) is 1.64. The van der Waals surface area contributed by atoms with Gasteiger partial charge >= 0.3 is 0 Å². The summed E-state index contributed by atoms with van der Waals surface area (Å²) in [6, 6.07) is 0. The molecule has 6 unspecified atom stereocenters. The summed E-state index contributed by atoms with van der Waals surface area (Å²) in [5.41, 5.74) is 0.592. The van der Waals surface area contributed by atoms with Gasteiger partial charge in [0.25, 0.3) is 0 Å². The molecule has 0 spiro atoms. The molecule has 0 heterocycles. The molecule has 2 aliphatic carbocycles. The second-order valence-corrected chi connectivity index (χ2v) is 7.48. The first-order chi connectivity index (χ1) is 7.34. The molecule has 0 aliphatic heterocycles. The lowest BCUT2D eigenvalue weighted by Crippen LogP contribution is -2.21. The highest BCUT2D eigenvalue weighted by molar-refractivity contribution is 5.11. The minimum Gasteiger partial charge on any atom is -0.0651 e. The van der Waals surface area contributed by atoms with Crippen LogP contribution in [-0.4, -0.2) is 0 Å². The predicted octanol–water partition coefficient (Wildman–Crippen LogP) is 4.84. The molecule has 94 valence electrons. The first kappa shape index (κ1) is 12.5. The largest absolute Gasteiger partial charge is 0.0651 e. The van der Waals surface area contributed by atoms with E-state index < -0.39 is 0 Å². The third-order valence-electron chi connectivity index (χ3n) is 5.97. The lowest BCUT2D eigenvalue weighted by molar-refractivity contribution is 0.208. The van der Waals surface area contributed by atoms with E-state index in [0.29, 0.717) is 5.41 Å². The number of hydrogen-bond acceptors (Lipinski definition) is 0. The molecule has 0 radical (unpaired) electrons. The van der Waals surface area contributed by atoms with Crippen molar-refractivity contribution in [2.75, 3.05) is 0 Å². The number of hydrogen-bond donors (Lipinski definition) is 0. The first-order valence-electron chi connectivity index (χ1n) is 7.34. The van der Waals surface area contributed by atoms with Crippen LogP contribution in [0.2, 0.25) is 0 Å². The molecule has 2 rings (SSSR count). The Kier molecular flexibility index (Phi) is 2.92. The Balaban J connectivity index is 2.05. The van der Waals surface area contributed by atoms with Crippen LogP contribution in [0.25, 0.3) is 0 Å². The van der Waals surface area contributed by atoms with E-state index in [1.807, 2.05) is 0 Å². The van der Waals surface area contributed by atoms with Gasteiger partial charge in [-0.2, -0.15) is 0 Å². The molecule has 0 saturated heterocycles. The van der Waals surface area contributed by atoms with Crippen molar-refractivity contribution in [2.24, 2.45) is 46.8 Å². The quantitative estimate of drug-likeness (QED) is 0.638. The smallest absolute Gasteiger partial charge is 0.0287 e. The molecule has 0 aromatic heterocycles. The summed E-state index contributed by atoms with van der Waals surface area (Å²) in [5, 5.41) is 0. The van der Waals surface area contributed by atoms with E-state index in [1.165, 1.54) is 6.42 Å². The van der Waals surface area contributed by atoms with Crippen molar-refractivity contribution in [1.29, 1.82) is 0 Å². The highest BCUT2D eigenvalue weighted by Gasteiger charge is 2.64. The van der Waals surface area contributed by atoms with Crippen LogP contribution in [-0.2, 0) is 0 Å². The van der Waals surface area contributed by atoms with Crippen molar-refractivity contribution in [3.8, 4) is 0 Å². The van der Waals surface area contributed by atoms with Gasteiger partial charge in [0, 0.05) is 0 Å². The van der Waals surface area contributed by atoms with Crippen LogP contribution >= 0.6 is 0 Å². The Morgan fingerprint density at radius 1 is 1.00 bits per heavy atom. The molecule has 16 heavy (non-hydrogen) atoms. The maximum atomic E-state index is 2.55. The van der Waals surface area contributed by atoms with Crippen molar-refractivity contribution < 1.29 is 0 Å². The Bertz CT molecular complexity index is 263. The zero-order chi connectivity index (χ0) is 12.2. The molecule has 0 N–H and O–H groups in total.